The Bertz CT molecular complexity index is 919. The number of amides is 4. The van der Waals surface area contributed by atoms with Gasteiger partial charge in [0.15, 0.2) is 0 Å². The van der Waals surface area contributed by atoms with E-state index in [9.17, 15) is 33.9 Å². The van der Waals surface area contributed by atoms with E-state index in [0.29, 0.717) is 5.69 Å². The Hall–Kier alpha value is -4.01. The Kier molecular flexibility index (Phi) is 11.3. The van der Waals surface area contributed by atoms with Gasteiger partial charge in [0.2, 0.25) is 23.6 Å². The van der Waals surface area contributed by atoms with Gasteiger partial charge in [-0.3, -0.25) is 24.0 Å². The van der Waals surface area contributed by atoms with Gasteiger partial charge in [-0.1, -0.05) is 13.8 Å². The summed E-state index contributed by atoms with van der Waals surface area (Å²) in [6.45, 7) is 3.07. The summed E-state index contributed by atoms with van der Waals surface area (Å²) in [5.41, 5.74) is 11.5. The lowest BCUT2D eigenvalue weighted by Crippen LogP contribution is -2.58. The maximum absolute atomic E-state index is 12.9. The molecule has 15 nitrogen and oxygen atoms in total. The molecule has 4 unspecified atom stereocenters. The topological polar surface area (TPSA) is 260 Å². The lowest BCUT2D eigenvalue weighted by molar-refractivity contribution is -0.144. The van der Waals surface area contributed by atoms with Crippen molar-refractivity contribution < 1.29 is 39.0 Å². The highest BCUT2D eigenvalue weighted by Crippen LogP contribution is 2.06. The van der Waals surface area contributed by atoms with Crippen LogP contribution in [0.25, 0.3) is 0 Å². The van der Waals surface area contributed by atoms with E-state index < -0.39 is 72.1 Å². The average molecular weight is 498 g/mol. The second kappa shape index (κ2) is 13.6. The summed E-state index contributed by atoms with van der Waals surface area (Å²) in [4.78, 5) is 78.4. The van der Waals surface area contributed by atoms with Crippen LogP contribution >= 0.6 is 0 Å². The number of carboxylic acids is 2. The Labute approximate surface area is 200 Å². The van der Waals surface area contributed by atoms with Crippen molar-refractivity contribution in [3.05, 3.63) is 18.2 Å². The fourth-order valence-corrected chi connectivity index (χ4v) is 2.98. The molecule has 0 saturated carbocycles. The number of carbonyl (C=O) groups excluding carboxylic acids is 4. The fourth-order valence-electron chi connectivity index (χ4n) is 2.98. The number of aromatic nitrogens is 2. The lowest BCUT2D eigenvalue weighted by atomic mass is 10.0. The normalized spacial score (nSPS) is 14.3. The molecule has 0 saturated heterocycles. The van der Waals surface area contributed by atoms with E-state index in [0.717, 1.165) is 0 Å². The van der Waals surface area contributed by atoms with E-state index in [1.807, 2.05) is 0 Å². The molecule has 1 heterocycles. The zero-order valence-electron chi connectivity index (χ0n) is 19.3. The molecule has 10 N–H and O–H groups in total. The first-order chi connectivity index (χ1) is 16.3. The monoisotopic (exact) mass is 497 g/mol. The molecule has 1 aromatic rings. The number of imidazole rings is 1. The number of nitrogens with two attached hydrogens (primary N) is 2. The predicted octanol–water partition coefficient (Wildman–Crippen LogP) is -2.79. The maximum atomic E-state index is 12.9. The first kappa shape index (κ1) is 29.0. The number of aliphatic carboxylic acids is 2. The summed E-state index contributed by atoms with van der Waals surface area (Å²) in [5.74, 6) is -6.86. The molecular weight excluding hydrogens is 466 g/mol. The SMILES string of the molecule is CC(C)C(NC(=O)C(CC(=O)O)NC(=O)C(CCC(N)=O)NC(=O)C(N)Cc1cnc[nH]1)C(=O)O. The van der Waals surface area contributed by atoms with Crippen molar-refractivity contribution in [3.63, 3.8) is 0 Å². The number of hydrogen-bond donors (Lipinski definition) is 8. The largest absolute Gasteiger partial charge is 0.481 e. The third-order valence-electron chi connectivity index (χ3n) is 4.89. The van der Waals surface area contributed by atoms with E-state index in [2.05, 4.69) is 25.9 Å². The van der Waals surface area contributed by atoms with E-state index in [4.69, 9.17) is 16.6 Å². The third-order valence-corrected chi connectivity index (χ3v) is 4.89. The summed E-state index contributed by atoms with van der Waals surface area (Å²) in [5, 5.41) is 25.2. The highest BCUT2D eigenvalue weighted by Gasteiger charge is 2.32. The first-order valence-corrected chi connectivity index (χ1v) is 10.7. The van der Waals surface area contributed by atoms with Crippen molar-refractivity contribution >= 4 is 35.6 Å². The van der Waals surface area contributed by atoms with Crippen LogP contribution in [-0.2, 0) is 35.2 Å². The van der Waals surface area contributed by atoms with Crippen LogP contribution in [0.15, 0.2) is 12.5 Å². The summed E-state index contributed by atoms with van der Waals surface area (Å²) >= 11 is 0. The van der Waals surface area contributed by atoms with E-state index >= 15 is 0 Å². The number of carbonyl (C=O) groups is 6. The number of nitrogens with one attached hydrogen (secondary N) is 4. The van der Waals surface area contributed by atoms with Crippen molar-refractivity contribution in [2.75, 3.05) is 0 Å². The molecule has 35 heavy (non-hydrogen) atoms. The van der Waals surface area contributed by atoms with Gasteiger partial charge in [0.1, 0.15) is 18.1 Å². The molecule has 1 rings (SSSR count). The van der Waals surface area contributed by atoms with Gasteiger partial charge in [0.05, 0.1) is 18.8 Å². The molecular formula is C20H31N7O8. The molecule has 0 aromatic carbocycles. The quantitative estimate of drug-likeness (QED) is 0.123. The summed E-state index contributed by atoms with van der Waals surface area (Å²) in [7, 11) is 0. The van der Waals surface area contributed by atoms with E-state index in [-0.39, 0.29) is 19.3 Å². The molecule has 194 valence electrons. The molecule has 4 atom stereocenters. The first-order valence-electron chi connectivity index (χ1n) is 10.7. The number of H-pyrrole nitrogens is 1. The Morgan fingerprint density at radius 3 is 2.09 bits per heavy atom. The predicted molar refractivity (Wildman–Crippen MR) is 119 cm³/mol. The standard InChI is InChI=1S/C20H31N7O8/c1-9(2)16(20(34)35)27-19(33)13(6-15(29)30)26-18(32)12(3-4-14(22)28)25-17(31)11(21)5-10-7-23-8-24-10/h7-9,11-13,16H,3-6,21H2,1-2H3,(H2,22,28)(H,23,24)(H,25,31)(H,26,32)(H,27,33)(H,29,30)(H,34,35). The molecule has 1 aromatic heterocycles. The second-order valence-corrected chi connectivity index (χ2v) is 8.18. The smallest absolute Gasteiger partial charge is 0.326 e. The summed E-state index contributed by atoms with van der Waals surface area (Å²) < 4.78 is 0. The number of aromatic amines is 1. The number of rotatable bonds is 15. The van der Waals surface area contributed by atoms with E-state index in [1.54, 1.807) is 0 Å². The van der Waals surface area contributed by atoms with Crippen molar-refractivity contribution in [2.45, 2.75) is 63.7 Å². The van der Waals surface area contributed by atoms with Gasteiger partial charge in [-0.05, 0) is 12.3 Å². The molecule has 0 radical (unpaired) electrons. The van der Waals surface area contributed by atoms with Crippen LogP contribution in [-0.4, -0.2) is 79.9 Å². The molecule has 0 aliphatic carbocycles. The zero-order chi connectivity index (χ0) is 26.7. The summed E-state index contributed by atoms with van der Waals surface area (Å²) in [6.07, 6.45) is 1.49. The Morgan fingerprint density at radius 1 is 1.00 bits per heavy atom. The van der Waals surface area contributed by atoms with Crippen LogP contribution in [0, 0.1) is 5.92 Å². The molecule has 0 fully saturated rings. The molecule has 0 bridgehead atoms. The van der Waals surface area contributed by atoms with Crippen LogP contribution < -0.4 is 27.4 Å². The highest BCUT2D eigenvalue weighted by molar-refractivity contribution is 5.95. The molecule has 15 heteroatoms. The average Bonchev–Trinajstić information content (AvgIpc) is 3.25. The number of nitrogens with zero attached hydrogens (tertiary/aromatic N) is 1. The highest BCUT2D eigenvalue weighted by atomic mass is 16.4. The van der Waals surface area contributed by atoms with Gasteiger partial charge in [0, 0.05) is 24.7 Å². The van der Waals surface area contributed by atoms with Crippen LogP contribution in [0.3, 0.4) is 0 Å². The van der Waals surface area contributed by atoms with Crippen LogP contribution in [0.5, 0.6) is 0 Å². The zero-order valence-corrected chi connectivity index (χ0v) is 19.3. The Morgan fingerprint density at radius 2 is 1.60 bits per heavy atom. The molecule has 0 aliphatic heterocycles. The maximum Gasteiger partial charge on any atom is 0.326 e. The van der Waals surface area contributed by atoms with Gasteiger partial charge in [-0.15, -0.1) is 0 Å². The van der Waals surface area contributed by atoms with Gasteiger partial charge < -0.3 is 42.6 Å². The Balaban J connectivity index is 2.99. The second-order valence-electron chi connectivity index (χ2n) is 8.18. The van der Waals surface area contributed by atoms with Gasteiger partial charge >= 0.3 is 11.9 Å². The van der Waals surface area contributed by atoms with Gasteiger partial charge in [0.25, 0.3) is 0 Å². The molecule has 4 amide bonds. The van der Waals surface area contributed by atoms with Crippen LogP contribution in [0.2, 0.25) is 0 Å². The van der Waals surface area contributed by atoms with Crippen molar-refractivity contribution in [2.24, 2.45) is 17.4 Å². The number of primary amides is 1. The van der Waals surface area contributed by atoms with Gasteiger partial charge in [-0.25, -0.2) is 9.78 Å². The fraction of sp³-hybridized carbons (Fsp3) is 0.550. The number of carboxylic acid groups (broad SMARTS) is 2. The van der Waals surface area contributed by atoms with Crippen molar-refractivity contribution in [3.8, 4) is 0 Å². The van der Waals surface area contributed by atoms with Gasteiger partial charge in [-0.2, -0.15) is 0 Å². The van der Waals surface area contributed by atoms with E-state index in [1.165, 1.54) is 26.4 Å². The third kappa shape index (κ3) is 10.2. The van der Waals surface area contributed by atoms with Crippen molar-refractivity contribution in [1.82, 2.24) is 25.9 Å². The molecule has 0 aliphatic rings. The summed E-state index contributed by atoms with van der Waals surface area (Å²) in [6, 6.07) is -5.47. The minimum Gasteiger partial charge on any atom is -0.481 e. The number of hydrogen-bond acceptors (Lipinski definition) is 8. The molecule has 0 spiro atoms. The lowest BCUT2D eigenvalue weighted by Gasteiger charge is -2.25. The minimum absolute atomic E-state index is 0.0613. The van der Waals surface area contributed by atoms with Crippen LogP contribution in [0.1, 0.15) is 38.8 Å². The van der Waals surface area contributed by atoms with Crippen molar-refractivity contribution in [1.29, 1.82) is 0 Å². The van der Waals surface area contributed by atoms with Crippen LogP contribution in [0.4, 0.5) is 0 Å². The minimum atomic E-state index is -1.66.